The summed E-state index contributed by atoms with van der Waals surface area (Å²) >= 11 is 7.82. The fourth-order valence-electron chi connectivity index (χ4n) is 3.21. The van der Waals surface area contributed by atoms with Crippen LogP contribution in [-0.4, -0.2) is 29.9 Å². The first-order valence-corrected chi connectivity index (χ1v) is 9.33. The lowest BCUT2D eigenvalue weighted by Crippen LogP contribution is -2.44. The van der Waals surface area contributed by atoms with Crippen molar-refractivity contribution in [2.45, 2.75) is 31.3 Å². The molecule has 1 aliphatic carbocycles. The highest BCUT2D eigenvalue weighted by Gasteiger charge is 2.33. The van der Waals surface area contributed by atoms with Crippen LogP contribution >= 0.6 is 22.9 Å². The summed E-state index contributed by atoms with van der Waals surface area (Å²) in [6, 6.07) is 10.6. The van der Waals surface area contributed by atoms with Crippen LogP contribution in [0.2, 0.25) is 5.02 Å². The van der Waals surface area contributed by atoms with Crippen LogP contribution in [-0.2, 0) is 11.2 Å². The summed E-state index contributed by atoms with van der Waals surface area (Å²) in [4.78, 5) is 16.2. The molecule has 1 atom stereocenters. The van der Waals surface area contributed by atoms with Gasteiger partial charge in [0.2, 0.25) is 5.91 Å². The third-order valence-electron chi connectivity index (χ3n) is 4.59. The van der Waals surface area contributed by atoms with Crippen molar-refractivity contribution in [1.29, 1.82) is 0 Å². The number of hydrogen-bond acceptors (Lipinski definition) is 3. The summed E-state index contributed by atoms with van der Waals surface area (Å²) < 4.78 is 0. The number of hydrogen-bond donors (Lipinski definition) is 1. The largest absolute Gasteiger partial charge is 0.330 e. The predicted octanol–water partition coefficient (Wildman–Crippen LogP) is 3.63. The minimum atomic E-state index is 0.00997. The van der Waals surface area contributed by atoms with Crippen molar-refractivity contribution in [2.75, 3.05) is 13.1 Å². The summed E-state index contributed by atoms with van der Waals surface area (Å²) in [5, 5.41) is 6.20. The van der Waals surface area contributed by atoms with E-state index in [9.17, 15) is 4.79 Å². The van der Waals surface area contributed by atoms with Gasteiger partial charge in [0.05, 0.1) is 12.6 Å². The van der Waals surface area contributed by atoms with Crippen molar-refractivity contribution in [3.63, 3.8) is 0 Å². The van der Waals surface area contributed by atoms with E-state index < -0.39 is 0 Å². The zero-order chi connectivity index (χ0) is 15.8. The van der Waals surface area contributed by atoms with E-state index in [1.807, 2.05) is 29.2 Å². The maximum Gasteiger partial charge on any atom is 0.237 e. The Bertz CT molecular complexity index is 708. The Balaban J connectivity index is 1.63. The first-order chi connectivity index (χ1) is 11.2. The molecule has 3 nitrogen and oxygen atoms in total. The molecule has 1 aliphatic heterocycles. The molecule has 1 N–H and O–H groups in total. The Morgan fingerprint density at radius 1 is 1.26 bits per heavy atom. The molecule has 0 saturated heterocycles. The lowest BCUT2D eigenvalue weighted by molar-refractivity contribution is -0.132. The van der Waals surface area contributed by atoms with Crippen molar-refractivity contribution >= 4 is 28.8 Å². The first kappa shape index (κ1) is 15.2. The molecule has 120 valence electrons. The quantitative estimate of drug-likeness (QED) is 0.916. The molecule has 0 bridgehead atoms. The SMILES string of the molecule is O=C(CNC1CC1)N1CCc2sccc2[C@@H]1c1ccc(Cl)cc1. The minimum absolute atomic E-state index is 0.00997. The van der Waals surface area contributed by atoms with Crippen LogP contribution in [0.1, 0.15) is 34.9 Å². The van der Waals surface area contributed by atoms with Gasteiger partial charge in [-0.2, -0.15) is 0 Å². The molecule has 1 aromatic heterocycles. The maximum absolute atomic E-state index is 12.8. The number of halogens is 1. The van der Waals surface area contributed by atoms with E-state index in [-0.39, 0.29) is 11.9 Å². The van der Waals surface area contributed by atoms with Crippen LogP contribution in [0.25, 0.3) is 0 Å². The molecule has 2 aromatic rings. The molecule has 2 heterocycles. The summed E-state index contributed by atoms with van der Waals surface area (Å²) in [5.74, 6) is 0.189. The van der Waals surface area contributed by atoms with E-state index in [1.54, 1.807) is 11.3 Å². The molecular formula is C18H19ClN2OS. The summed E-state index contributed by atoms with van der Waals surface area (Å²) in [7, 11) is 0. The summed E-state index contributed by atoms with van der Waals surface area (Å²) in [5.41, 5.74) is 2.40. The second-order valence-electron chi connectivity index (χ2n) is 6.25. The fraction of sp³-hybridized carbons (Fsp3) is 0.389. The highest BCUT2D eigenvalue weighted by atomic mass is 35.5. The molecule has 5 heteroatoms. The first-order valence-electron chi connectivity index (χ1n) is 8.07. The van der Waals surface area contributed by atoms with Gasteiger partial charge in [0, 0.05) is 22.5 Å². The average molecular weight is 347 g/mol. The maximum atomic E-state index is 12.8. The summed E-state index contributed by atoms with van der Waals surface area (Å²) in [6.07, 6.45) is 3.34. The Morgan fingerprint density at radius 2 is 2.04 bits per heavy atom. The average Bonchev–Trinajstić information content (AvgIpc) is 3.27. The highest BCUT2D eigenvalue weighted by molar-refractivity contribution is 7.10. The lowest BCUT2D eigenvalue weighted by Gasteiger charge is -2.36. The molecule has 0 spiro atoms. The Morgan fingerprint density at radius 3 is 2.78 bits per heavy atom. The molecule has 0 unspecified atom stereocenters. The molecule has 2 aliphatic rings. The third kappa shape index (κ3) is 3.16. The number of rotatable bonds is 4. The van der Waals surface area contributed by atoms with E-state index in [4.69, 9.17) is 11.6 Å². The van der Waals surface area contributed by atoms with Gasteiger partial charge >= 0.3 is 0 Å². The molecular weight excluding hydrogens is 328 g/mol. The highest BCUT2D eigenvalue weighted by Crippen LogP contribution is 2.38. The van der Waals surface area contributed by atoms with Gasteiger partial charge in [0.25, 0.3) is 0 Å². The topological polar surface area (TPSA) is 32.3 Å². The van der Waals surface area contributed by atoms with Gasteiger partial charge in [-0.3, -0.25) is 4.79 Å². The molecule has 1 fully saturated rings. The van der Waals surface area contributed by atoms with Crippen LogP contribution < -0.4 is 5.32 Å². The normalized spacial score (nSPS) is 20.4. The van der Waals surface area contributed by atoms with E-state index in [0.29, 0.717) is 12.6 Å². The number of carbonyl (C=O) groups is 1. The van der Waals surface area contributed by atoms with Crippen LogP contribution in [0.15, 0.2) is 35.7 Å². The van der Waals surface area contributed by atoms with E-state index in [0.717, 1.165) is 23.6 Å². The standard InChI is InChI=1S/C18H19ClN2OS/c19-13-3-1-12(2-4-13)18-15-8-10-23-16(15)7-9-21(18)17(22)11-20-14-5-6-14/h1-4,8,10,14,18,20H,5-7,9,11H2/t18-/m0/s1. The number of nitrogens with one attached hydrogen (secondary N) is 1. The van der Waals surface area contributed by atoms with Gasteiger partial charge in [0.1, 0.15) is 0 Å². The lowest BCUT2D eigenvalue weighted by atomic mass is 9.93. The van der Waals surface area contributed by atoms with E-state index >= 15 is 0 Å². The van der Waals surface area contributed by atoms with Gasteiger partial charge in [0.15, 0.2) is 0 Å². The number of carbonyl (C=O) groups excluding carboxylic acids is 1. The van der Waals surface area contributed by atoms with Gasteiger partial charge in [-0.25, -0.2) is 0 Å². The predicted molar refractivity (Wildman–Crippen MR) is 94.1 cm³/mol. The fourth-order valence-corrected chi connectivity index (χ4v) is 4.24. The monoisotopic (exact) mass is 346 g/mol. The van der Waals surface area contributed by atoms with Crippen LogP contribution in [0.3, 0.4) is 0 Å². The number of thiophene rings is 1. The third-order valence-corrected chi connectivity index (χ3v) is 5.84. The molecule has 4 rings (SSSR count). The second-order valence-corrected chi connectivity index (χ2v) is 7.68. The zero-order valence-corrected chi connectivity index (χ0v) is 14.4. The number of nitrogens with zero attached hydrogens (tertiary/aromatic N) is 1. The Labute approximate surface area is 145 Å². The van der Waals surface area contributed by atoms with Crippen molar-refractivity contribution < 1.29 is 4.79 Å². The van der Waals surface area contributed by atoms with Gasteiger partial charge < -0.3 is 10.2 Å². The number of benzene rings is 1. The van der Waals surface area contributed by atoms with Crippen molar-refractivity contribution in [1.82, 2.24) is 10.2 Å². The van der Waals surface area contributed by atoms with Crippen LogP contribution in [0, 0.1) is 0 Å². The molecule has 1 amide bonds. The Kier molecular flexibility index (Phi) is 4.14. The summed E-state index contributed by atoms with van der Waals surface area (Å²) in [6.45, 7) is 1.22. The van der Waals surface area contributed by atoms with Crippen LogP contribution in [0.5, 0.6) is 0 Å². The van der Waals surface area contributed by atoms with Gasteiger partial charge in [-0.1, -0.05) is 23.7 Å². The molecule has 0 radical (unpaired) electrons. The van der Waals surface area contributed by atoms with Crippen LogP contribution in [0.4, 0.5) is 0 Å². The van der Waals surface area contributed by atoms with Gasteiger partial charge in [-0.15, -0.1) is 11.3 Å². The van der Waals surface area contributed by atoms with Crippen molar-refractivity contribution in [3.8, 4) is 0 Å². The molecule has 23 heavy (non-hydrogen) atoms. The van der Waals surface area contributed by atoms with E-state index in [2.05, 4.69) is 16.8 Å². The zero-order valence-electron chi connectivity index (χ0n) is 12.8. The smallest absolute Gasteiger partial charge is 0.237 e. The number of amides is 1. The molecule has 1 aromatic carbocycles. The second kappa shape index (κ2) is 6.27. The van der Waals surface area contributed by atoms with Crippen molar-refractivity contribution in [2.24, 2.45) is 0 Å². The minimum Gasteiger partial charge on any atom is -0.330 e. The molecule has 1 saturated carbocycles. The van der Waals surface area contributed by atoms with Crippen molar-refractivity contribution in [3.05, 3.63) is 56.7 Å². The number of fused-ring (bicyclic) bond motifs is 1. The van der Waals surface area contributed by atoms with E-state index in [1.165, 1.54) is 23.3 Å². The Hall–Kier alpha value is -1.36. The van der Waals surface area contributed by atoms with Gasteiger partial charge in [-0.05, 0) is 54.0 Å².